The number of hydrogen-bond donors (Lipinski definition) is 1. The first-order chi connectivity index (χ1) is 10.7. The SMILES string of the molecule is O=C1c2ccccc2C(=O)c2[nH]c(-c3ccncc3Cl)nc21. The summed E-state index contributed by atoms with van der Waals surface area (Å²) in [6.45, 7) is 0. The smallest absolute Gasteiger partial charge is 0.214 e. The lowest BCUT2D eigenvalue weighted by Crippen LogP contribution is -2.20. The fourth-order valence-corrected chi connectivity index (χ4v) is 2.75. The number of fused-ring (bicyclic) bond motifs is 2. The van der Waals surface area contributed by atoms with E-state index in [0.717, 1.165) is 0 Å². The van der Waals surface area contributed by atoms with Crippen LogP contribution in [0.5, 0.6) is 0 Å². The van der Waals surface area contributed by atoms with Crippen LogP contribution in [0.25, 0.3) is 11.4 Å². The molecule has 0 amide bonds. The molecule has 1 N–H and O–H groups in total. The molecule has 1 aliphatic carbocycles. The molecule has 6 heteroatoms. The highest BCUT2D eigenvalue weighted by Gasteiger charge is 2.33. The quantitative estimate of drug-likeness (QED) is 0.586. The predicted octanol–water partition coefficient (Wildman–Crippen LogP) is 2.90. The van der Waals surface area contributed by atoms with Crippen LogP contribution >= 0.6 is 11.6 Å². The van der Waals surface area contributed by atoms with Crippen LogP contribution in [0.1, 0.15) is 32.1 Å². The van der Waals surface area contributed by atoms with Crippen LogP contribution in [0.15, 0.2) is 42.7 Å². The number of carbonyl (C=O) groups is 2. The normalized spacial score (nSPS) is 13.0. The fraction of sp³-hybridized carbons (Fsp3) is 0. The second kappa shape index (κ2) is 4.61. The number of aromatic amines is 1. The molecule has 0 spiro atoms. The summed E-state index contributed by atoms with van der Waals surface area (Å²) in [6, 6.07) is 8.40. The Labute approximate surface area is 130 Å². The van der Waals surface area contributed by atoms with Crippen molar-refractivity contribution in [2.45, 2.75) is 0 Å². The lowest BCUT2D eigenvalue weighted by atomic mass is 9.90. The number of H-pyrrole nitrogens is 1. The van der Waals surface area contributed by atoms with Crippen molar-refractivity contribution in [3.05, 3.63) is 70.3 Å². The minimum absolute atomic E-state index is 0.131. The molecule has 0 unspecified atom stereocenters. The van der Waals surface area contributed by atoms with Gasteiger partial charge in [-0.2, -0.15) is 0 Å². The Morgan fingerprint density at radius 3 is 2.41 bits per heavy atom. The van der Waals surface area contributed by atoms with Crippen LogP contribution < -0.4 is 0 Å². The number of carbonyl (C=O) groups excluding carboxylic acids is 2. The van der Waals surface area contributed by atoms with Crippen molar-refractivity contribution in [1.29, 1.82) is 0 Å². The average Bonchev–Trinajstić information content (AvgIpc) is 2.98. The van der Waals surface area contributed by atoms with Gasteiger partial charge in [0.05, 0.1) is 5.02 Å². The third-order valence-electron chi connectivity index (χ3n) is 3.59. The molecular weight excluding hydrogens is 302 g/mol. The molecule has 0 saturated carbocycles. The van der Waals surface area contributed by atoms with Crippen molar-refractivity contribution >= 4 is 23.2 Å². The average molecular weight is 310 g/mol. The first kappa shape index (κ1) is 12.9. The van der Waals surface area contributed by atoms with Crippen LogP contribution in [0.4, 0.5) is 0 Å². The van der Waals surface area contributed by atoms with E-state index in [1.807, 2.05) is 0 Å². The van der Waals surface area contributed by atoms with E-state index in [0.29, 0.717) is 27.5 Å². The zero-order chi connectivity index (χ0) is 15.3. The summed E-state index contributed by atoms with van der Waals surface area (Å²) in [4.78, 5) is 36.1. The van der Waals surface area contributed by atoms with Gasteiger partial charge in [0.15, 0.2) is 0 Å². The van der Waals surface area contributed by atoms with Gasteiger partial charge < -0.3 is 4.98 Å². The molecule has 106 valence electrons. The molecule has 0 radical (unpaired) electrons. The van der Waals surface area contributed by atoms with Gasteiger partial charge in [0.25, 0.3) is 0 Å². The number of imidazole rings is 1. The van der Waals surface area contributed by atoms with E-state index in [9.17, 15) is 9.59 Å². The largest absolute Gasteiger partial charge is 0.335 e. The highest BCUT2D eigenvalue weighted by atomic mass is 35.5. The highest BCUT2D eigenvalue weighted by molar-refractivity contribution is 6.33. The number of rotatable bonds is 1. The van der Waals surface area contributed by atoms with Crippen molar-refractivity contribution in [2.75, 3.05) is 0 Å². The third kappa shape index (κ3) is 1.72. The molecule has 5 nitrogen and oxygen atoms in total. The summed E-state index contributed by atoms with van der Waals surface area (Å²) in [7, 11) is 0. The Morgan fingerprint density at radius 1 is 0.955 bits per heavy atom. The van der Waals surface area contributed by atoms with Gasteiger partial charge in [-0.05, 0) is 6.07 Å². The van der Waals surface area contributed by atoms with Crippen LogP contribution in [-0.2, 0) is 0 Å². The number of aromatic nitrogens is 3. The van der Waals surface area contributed by atoms with Crippen LogP contribution in [0.2, 0.25) is 5.02 Å². The minimum Gasteiger partial charge on any atom is -0.335 e. The third-order valence-corrected chi connectivity index (χ3v) is 3.89. The van der Waals surface area contributed by atoms with Gasteiger partial charge in [-0.25, -0.2) is 4.98 Å². The lowest BCUT2D eigenvalue weighted by Gasteiger charge is -2.11. The Kier molecular flexibility index (Phi) is 2.71. The summed E-state index contributed by atoms with van der Waals surface area (Å²) in [5.41, 5.74) is 1.68. The number of benzene rings is 1. The van der Waals surface area contributed by atoms with Crippen molar-refractivity contribution in [1.82, 2.24) is 15.0 Å². The van der Waals surface area contributed by atoms with E-state index in [-0.39, 0.29) is 23.0 Å². The first-order valence-corrected chi connectivity index (χ1v) is 6.93. The Bertz CT molecular complexity index is 894. The zero-order valence-corrected chi connectivity index (χ0v) is 11.9. The first-order valence-electron chi connectivity index (χ1n) is 6.55. The monoisotopic (exact) mass is 309 g/mol. The topological polar surface area (TPSA) is 75.7 Å². The van der Waals surface area contributed by atoms with Gasteiger partial charge in [0.1, 0.15) is 17.2 Å². The summed E-state index contributed by atoms with van der Waals surface area (Å²) in [5, 5.41) is 0.394. The Hall–Kier alpha value is -2.79. The molecule has 0 saturated heterocycles. The van der Waals surface area contributed by atoms with Gasteiger partial charge in [-0.3, -0.25) is 14.6 Å². The van der Waals surface area contributed by atoms with E-state index < -0.39 is 0 Å². The number of ketones is 2. The van der Waals surface area contributed by atoms with Gasteiger partial charge in [-0.1, -0.05) is 35.9 Å². The maximum atomic E-state index is 12.5. The number of nitrogens with one attached hydrogen (secondary N) is 1. The van der Waals surface area contributed by atoms with E-state index in [4.69, 9.17) is 11.6 Å². The number of halogens is 1. The molecule has 0 bridgehead atoms. The number of hydrogen-bond acceptors (Lipinski definition) is 4. The highest BCUT2D eigenvalue weighted by Crippen LogP contribution is 2.30. The molecule has 22 heavy (non-hydrogen) atoms. The van der Waals surface area contributed by atoms with Crippen molar-refractivity contribution in [3.8, 4) is 11.4 Å². The molecule has 1 aliphatic rings. The van der Waals surface area contributed by atoms with E-state index in [1.54, 1.807) is 36.5 Å². The van der Waals surface area contributed by atoms with Crippen molar-refractivity contribution < 1.29 is 9.59 Å². The summed E-state index contributed by atoms with van der Waals surface area (Å²) in [5.74, 6) is -0.126. The Balaban J connectivity index is 1.93. The van der Waals surface area contributed by atoms with Crippen molar-refractivity contribution in [3.63, 3.8) is 0 Å². The molecule has 0 aliphatic heterocycles. The second-order valence-electron chi connectivity index (χ2n) is 4.87. The van der Waals surface area contributed by atoms with Gasteiger partial charge in [-0.15, -0.1) is 0 Å². The molecule has 3 aromatic rings. The molecule has 4 rings (SSSR count). The van der Waals surface area contributed by atoms with Gasteiger partial charge in [0.2, 0.25) is 11.6 Å². The fourth-order valence-electron chi connectivity index (χ4n) is 2.54. The second-order valence-corrected chi connectivity index (χ2v) is 5.28. The zero-order valence-electron chi connectivity index (χ0n) is 11.1. The maximum absolute atomic E-state index is 12.5. The van der Waals surface area contributed by atoms with Gasteiger partial charge >= 0.3 is 0 Å². The molecule has 2 heterocycles. The molecule has 1 aromatic carbocycles. The summed E-state index contributed by atoms with van der Waals surface area (Å²) >= 11 is 6.09. The Morgan fingerprint density at radius 2 is 1.68 bits per heavy atom. The maximum Gasteiger partial charge on any atom is 0.214 e. The number of pyridine rings is 1. The minimum atomic E-state index is -0.266. The van der Waals surface area contributed by atoms with E-state index in [2.05, 4.69) is 15.0 Å². The van der Waals surface area contributed by atoms with E-state index >= 15 is 0 Å². The summed E-state index contributed by atoms with van der Waals surface area (Å²) in [6.07, 6.45) is 3.05. The predicted molar refractivity (Wildman–Crippen MR) is 80.1 cm³/mol. The number of nitrogens with zero attached hydrogens (tertiary/aromatic N) is 2. The van der Waals surface area contributed by atoms with Crippen LogP contribution in [0.3, 0.4) is 0 Å². The lowest BCUT2D eigenvalue weighted by molar-refractivity contribution is 0.0974. The van der Waals surface area contributed by atoms with Crippen molar-refractivity contribution in [2.24, 2.45) is 0 Å². The summed E-state index contributed by atoms with van der Waals surface area (Å²) < 4.78 is 0. The molecule has 2 aromatic heterocycles. The van der Waals surface area contributed by atoms with Crippen LogP contribution in [-0.4, -0.2) is 26.5 Å². The molecule has 0 atom stereocenters. The molecular formula is C16H8ClN3O2. The van der Waals surface area contributed by atoms with Gasteiger partial charge in [0, 0.05) is 29.1 Å². The standard InChI is InChI=1S/C16H8ClN3O2/c17-11-7-18-6-5-10(11)16-19-12-13(20-16)15(22)9-4-2-1-3-8(9)14(12)21/h1-7H,(H,19,20). The molecule has 0 fully saturated rings. The van der Waals surface area contributed by atoms with Crippen LogP contribution in [0, 0.1) is 0 Å². The van der Waals surface area contributed by atoms with E-state index in [1.165, 1.54) is 6.20 Å².